The molecule has 0 bridgehead atoms. The van der Waals surface area contributed by atoms with Gasteiger partial charge in [0.05, 0.1) is 12.2 Å². The van der Waals surface area contributed by atoms with E-state index in [9.17, 15) is 9.59 Å². The number of amides is 2. The van der Waals surface area contributed by atoms with Crippen LogP contribution in [0.3, 0.4) is 0 Å². The number of halogens is 1. The van der Waals surface area contributed by atoms with E-state index in [1.165, 1.54) is 17.3 Å². The van der Waals surface area contributed by atoms with E-state index in [1.807, 2.05) is 40.7 Å². The van der Waals surface area contributed by atoms with Crippen LogP contribution in [0.2, 0.25) is 5.02 Å². The van der Waals surface area contributed by atoms with E-state index in [1.54, 1.807) is 18.2 Å². The molecule has 176 valence electrons. The number of rotatable bonds is 8. The summed E-state index contributed by atoms with van der Waals surface area (Å²) in [6, 6.07) is 13.4. The van der Waals surface area contributed by atoms with Gasteiger partial charge in [-0.3, -0.25) is 9.59 Å². The third kappa shape index (κ3) is 5.51. The van der Waals surface area contributed by atoms with Gasteiger partial charge in [-0.1, -0.05) is 53.7 Å². The van der Waals surface area contributed by atoms with E-state index in [0.717, 1.165) is 24.1 Å². The smallest absolute Gasteiger partial charge is 0.237 e. The first-order chi connectivity index (χ1) is 16.5. The molecule has 0 spiro atoms. The van der Waals surface area contributed by atoms with Gasteiger partial charge in [0.15, 0.2) is 5.16 Å². The lowest BCUT2D eigenvalue weighted by atomic mass is 10.0. The molecule has 0 saturated heterocycles. The van der Waals surface area contributed by atoms with Gasteiger partial charge >= 0.3 is 0 Å². The Bertz CT molecular complexity index is 1230. The fraction of sp³-hybridized carbons (Fsp3) is 0.280. The van der Waals surface area contributed by atoms with Crippen molar-refractivity contribution in [2.75, 3.05) is 22.5 Å². The van der Waals surface area contributed by atoms with E-state index in [0.29, 0.717) is 34.8 Å². The molecule has 3 aromatic rings. The Labute approximate surface area is 208 Å². The molecule has 9 heteroatoms. The molecule has 2 aromatic carbocycles. The number of carbonyl (C=O) groups excluding carboxylic acids is 2. The number of anilines is 2. The van der Waals surface area contributed by atoms with Crippen molar-refractivity contribution in [3.05, 3.63) is 77.1 Å². The zero-order valence-corrected chi connectivity index (χ0v) is 20.5. The molecular weight excluding hydrogens is 470 g/mol. The Kier molecular flexibility index (Phi) is 7.70. The van der Waals surface area contributed by atoms with Crippen molar-refractivity contribution in [3.63, 3.8) is 0 Å². The molecule has 0 radical (unpaired) electrons. The number of fused-ring (bicyclic) bond motifs is 1. The maximum absolute atomic E-state index is 13.0. The average molecular weight is 496 g/mol. The second-order valence-electron chi connectivity index (χ2n) is 8.05. The zero-order valence-electron chi connectivity index (χ0n) is 19.0. The Morgan fingerprint density at radius 2 is 2.06 bits per heavy atom. The standard InChI is InChI=1S/C25H26ClN5O2S/c1-3-12-31-22(15-23(32)27-19-11-10-17(2)20(26)14-19)28-29-25(31)34-16-24(33)30-13-6-8-18-7-4-5-9-21(18)30/h3-5,7,9-11,14H,1,6,8,12-13,15-16H2,2H3,(H,27,32). The third-order valence-electron chi connectivity index (χ3n) is 5.62. The summed E-state index contributed by atoms with van der Waals surface area (Å²) in [4.78, 5) is 27.4. The van der Waals surface area contributed by atoms with E-state index >= 15 is 0 Å². The minimum absolute atomic E-state index is 0.0286. The van der Waals surface area contributed by atoms with Crippen LogP contribution in [0.15, 0.2) is 60.3 Å². The predicted octanol–water partition coefficient (Wildman–Crippen LogP) is 4.68. The lowest BCUT2D eigenvalue weighted by molar-refractivity contribution is -0.116. The molecule has 1 aliphatic heterocycles. The first kappa shape index (κ1) is 24.0. The molecule has 0 aliphatic carbocycles. The van der Waals surface area contributed by atoms with Crippen LogP contribution in [0.5, 0.6) is 0 Å². The highest BCUT2D eigenvalue weighted by Gasteiger charge is 2.23. The van der Waals surface area contributed by atoms with Crippen LogP contribution in [0.1, 0.15) is 23.4 Å². The third-order valence-corrected chi connectivity index (χ3v) is 6.97. The van der Waals surface area contributed by atoms with Crippen LogP contribution in [0.25, 0.3) is 0 Å². The molecule has 0 fully saturated rings. The topological polar surface area (TPSA) is 80.1 Å². The molecule has 4 rings (SSSR count). The summed E-state index contributed by atoms with van der Waals surface area (Å²) in [5.41, 5.74) is 3.75. The highest BCUT2D eigenvalue weighted by Crippen LogP contribution is 2.28. The number of aryl methyl sites for hydroxylation is 2. The van der Waals surface area contributed by atoms with E-state index in [2.05, 4.69) is 28.2 Å². The maximum atomic E-state index is 13.0. The van der Waals surface area contributed by atoms with Gasteiger partial charge in [0.25, 0.3) is 0 Å². The molecule has 2 amide bonds. The van der Waals surface area contributed by atoms with E-state index < -0.39 is 0 Å². The molecule has 2 heterocycles. The predicted molar refractivity (Wildman–Crippen MR) is 137 cm³/mol. The van der Waals surface area contributed by atoms with Crippen LogP contribution in [-0.4, -0.2) is 38.9 Å². The second-order valence-corrected chi connectivity index (χ2v) is 9.40. The van der Waals surface area contributed by atoms with Crippen molar-refractivity contribution < 1.29 is 9.59 Å². The number of allylic oxidation sites excluding steroid dienone is 1. The lowest BCUT2D eigenvalue weighted by Crippen LogP contribution is -2.36. The number of carbonyl (C=O) groups is 2. The van der Waals surface area contributed by atoms with Crippen LogP contribution in [-0.2, 0) is 29.0 Å². The Balaban J connectivity index is 1.42. The van der Waals surface area contributed by atoms with Crippen LogP contribution in [0, 0.1) is 6.92 Å². The summed E-state index contributed by atoms with van der Waals surface area (Å²) >= 11 is 7.47. The Hall–Kier alpha value is -3.10. The summed E-state index contributed by atoms with van der Waals surface area (Å²) in [7, 11) is 0. The molecule has 1 aromatic heterocycles. The molecular formula is C25H26ClN5O2S. The van der Waals surface area contributed by atoms with Crippen molar-refractivity contribution in [2.45, 2.75) is 37.9 Å². The van der Waals surface area contributed by atoms with Crippen LogP contribution < -0.4 is 10.2 Å². The van der Waals surface area contributed by atoms with Gasteiger partial charge in [0.2, 0.25) is 11.8 Å². The summed E-state index contributed by atoms with van der Waals surface area (Å²) < 4.78 is 1.82. The van der Waals surface area contributed by atoms with Crippen LogP contribution >= 0.6 is 23.4 Å². The lowest BCUT2D eigenvalue weighted by Gasteiger charge is -2.29. The minimum atomic E-state index is -0.227. The summed E-state index contributed by atoms with van der Waals surface area (Å²) in [6.45, 7) is 6.85. The number of hydrogen-bond donors (Lipinski definition) is 1. The molecule has 1 N–H and O–H groups in total. The first-order valence-corrected chi connectivity index (χ1v) is 12.4. The fourth-order valence-corrected chi connectivity index (χ4v) is 4.91. The molecule has 0 atom stereocenters. The Morgan fingerprint density at radius 3 is 2.85 bits per heavy atom. The first-order valence-electron chi connectivity index (χ1n) is 11.1. The van der Waals surface area contributed by atoms with Crippen molar-refractivity contribution >= 4 is 46.6 Å². The van der Waals surface area contributed by atoms with Gasteiger partial charge in [-0.05, 0) is 49.1 Å². The minimum Gasteiger partial charge on any atom is -0.326 e. The number of aromatic nitrogens is 3. The van der Waals surface area contributed by atoms with Crippen molar-refractivity contribution in [1.82, 2.24) is 14.8 Å². The van der Waals surface area contributed by atoms with Gasteiger partial charge in [0, 0.05) is 29.5 Å². The molecule has 7 nitrogen and oxygen atoms in total. The molecule has 34 heavy (non-hydrogen) atoms. The zero-order chi connectivity index (χ0) is 24.1. The number of hydrogen-bond acceptors (Lipinski definition) is 5. The number of para-hydroxylation sites is 1. The van der Waals surface area contributed by atoms with E-state index in [4.69, 9.17) is 11.6 Å². The maximum Gasteiger partial charge on any atom is 0.237 e. The van der Waals surface area contributed by atoms with Gasteiger partial charge in [-0.25, -0.2) is 0 Å². The quantitative estimate of drug-likeness (QED) is 0.362. The second kappa shape index (κ2) is 10.9. The summed E-state index contributed by atoms with van der Waals surface area (Å²) in [6.07, 6.45) is 3.70. The van der Waals surface area contributed by atoms with E-state index in [-0.39, 0.29) is 24.0 Å². The number of thioether (sulfide) groups is 1. The highest BCUT2D eigenvalue weighted by molar-refractivity contribution is 7.99. The van der Waals surface area contributed by atoms with Gasteiger partial charge in [-0.2, -0.15) is 0 Å². The van der Waals surface area contributed by atoms with Crippen molar-refractivity contribution in [2.24, 2.45) is 0 Å². The largest absolute Gasteiger partial charge is 0.326 e. The van der Waals surface area contributed by atoms with Crippen molar-refractivity contribution in [1.29, 1.82) is 0 Å². The monoisotopic (exact) mass is 495 g/mol. The number of nitrogens with zero attached hydrogens (tertiary/aromatic N) is 4. The summed E-state index contributed by atoms with van der Waals surface area (Å²) in [5.74, 6) is 0.544. The molecule has 0 saturated carbocycles. The highest BCUT2D eigenvalue weighted by atomic mass is 35.5. The number of benzene rings is 2. The van der Waals surface area contributed by atoms with Gasteiger partial charge in [-0.15, -0.1) is 16.8 Å². The SMILES string of the molecule is C=CCn1c(CC(=O)Nc2ccc(C)c(Cl)c2)nnc1SCC(=O)N1CCCc2ccccc21. The normalized spacial score (nSPS) is 12.8. The number of nitrogens with one attached hydrogen (secondary N) is 1. The Morgan fingerprint density at radius 1 is 1.24 bits per heavy atom. The van der Waals surface area contributed by atoms with Gasteiger partial charge < -0.3 is 14.8 Å². The van der Waals surface area contributed by atoms with Crippen molar-refractivity contribution in [3.8, 4) is 0 Å². The molecule has 1 aliphatic rings. The fourth-order valence-electron chi connectivity index (χ4n) is 3.89. The van der Waals surface area contributed by atoms with Gasteiger partial charge in [0.1, 0.15) is 5.82 Å². The average Bonchev–Trinajstić information content (AvgIpc) is 3.20. The molecule has 0 unspecified atom stereocenters. The summed E-state index contributed by atoms with van der Waals surface area (Å²) in [5, 5.41) is 12.5. The van der Waals surface area contributed by atoms with Crippen LogP contribution in [0.4, 0.5) is 11.4 Å².